The first-order chi connectivity index (χ1) is 9.56. The molecule has 0 saturated carbocycles. The van der Waals surface area contributed by atoms with Crippen LogP contribution in [0, 0.1) is 10.1 Å². The molecule has 0 radical (unpaired) electrons. The minimum absolute atomic E-state index is 0.508. The van der Waals surface area contributed by atoms with Gasteiger partial charge < -0.3 is 14.5 Å². The first kappa shape index (κ1) is 13.9. The van der Waals surface area contributed by atoms with E-state index in [2.05, 4.69) is 9.72 Å². The van der Waals surface area contributed by atoms with Crippen molar-refractivity contribution in [2.45, 2.75) is 5.92 Å². The Morgan fingerprint density at radius 1 is 1.45 bits per heavy atom. The van der Waals surface area contributed by atoms with Gasteiger partial charge in [-0.05, 0) is 17.7 Å². The lowest BCUT2D eigenvalue weighted by Gasteiger charge is -2.09. The Labute approximate surface area is 114 Å². The number of aromatic nitrogens is 1. The predicted octanol–water partition coefficient (Wildman–Crippen LogP) is 1.71. The van der Waals surface area contributed by atoms with Gasteiger partial charge in [-0.2, -0.15) is 0 Å². The summed E-state index contributed by atoms with van der Waals surface area (Å²) in [5, 5.41) is 11.5. The normalized spacial score (nSPS) is 12.1. The van der Waals surface area contributed by atoms with Gasteiger partial charge in [0.2, 0.25) is 6.54 Å². The molecule has 1 atom stereocenters. The van der Waals surface area contributed by atoms with Crippen molar-refractivity contribution in [3.8, 4) is 5.75 Å². The predicted molar refractivity (Wildman–Crippen MR) is 71.5 cm³/mol. The van der Waals surface area contributed by atoms with E-state index in [1.54, 1.807) is 31.5 Å². The Hall–Kier alpha value is -2.57. The number of rotatable bonds is 5. The van der Waals surface area contributed by atoms with Gasteiger partial charge in [-0.25, -0.2) is 0 Å². The van der Waals surface area contributed by atoms with Crippen LogP contribution in [0.4, 0.5) is 0 Å². The Morgan fingerprint density at radius 2 is 2.20 bits per heavy atom. The number of fused-ring (bicyclic) bond motifs is 1. The van der Waals surface area contributed by atoms with Crippen LogP contribution in [0.1, 0.15) is 11.5 Å². The van der Waals surface area contributed by atoms with Crippen molar-refractivity contribution in [3.05, 3.63) is 40.1 Å². The molecule has 0 fully saturated rings. The summed E-state index contributed by atoms with van der Waals surface area (Å²) in [5.74, 6) is -0.898. The lowest BCUT2D eigenvalue weighted by molar-refractivity contribution is -0.481. The Bertz CT molecular complexity index is 649. The molecule has 0 saturated heterocycles. The van der Waals surface area contributed by atoms with Gasteiger partial charge in [0.25, 0.3) is 0 Å². The number of nitro groups is 1. The summed E-state index contributed by atoms with van der Waals surface area (Å²) < 4.78 is 9.75. The van der Waals surface area contributed by atoms with E-state index in [4.69, 9.17) is 4.74 Å². The zero-order valence-electron chi connectivity index (χ0n) is 11.1. The van der Waals surface area contributed by atoms with Gasteiger partial charge in [0.1, 0.15) is 11.7 Å². The number of esters is 1. The number of benzene rings is 1. The molecule has 0 spiro atoms. The summed E-state index contributed by atoms with van der Waals surface area (Å²) >= 11 is 0. The first-order valence-electron chi connectivity index (χ1n) is 5.91. The van der Waals surface area contributed by atoms with Gasteiger partial charge in [0.15, 0.2) is 0 Å². The van der Waals surface area contributed by atoms with Crippen molar-refractivity contribution in [1.29, 1.82) is 0 Å². The number of hydrogen-bond acceptors (Lipinski definition) is 5. The van der Waals surface area contributed by atoms with E-state index in [0.29, 0.717) is 11.3 Å². The average molecular weight is 278 g/mol. The van der Waals surface area contributed by atoms with Crippen LogP contribution < -0.4 is 4.74 Å². The van der Waals surface area contributed by atoms with E-state index in [1.807, 2.05) is 0 Å². The van der Waals surface area contributed by atoms with Crippen LogP contribution in [0.2, 0.25) is 0 Å². The minimum Gasteiger partial charge on any atom is -0.497 e. The molecule has 2 rings (SSSR count). The Balaban J connectivity index is 2.47. The van der Waals surface area contributed by atoms with Crippen LogP contribution in [0.15, 0.2) is 24.4 Å². The van der Waals surface area contributed by atoms with Gasteiger partial charge >= 0.3 is 5.97 Å². The van der Waals surface area contributed by atoms with Gasteiger partial charge in [-0.3, -0.25) is 14.9 Å². The third kappa shape index (κ3) is 2.56. The second-order valence-electron chi connectivity index (χ2n) is 4.25. The second-order valence-corrected chi connectivity index (χ2v) is 4.25. The van der Waals surface area contributed by atoms with E-state index in [1.165, 1.54) is 7.11 Å². The molecule has 7 heteroatoms. The smallest absolute Gasteiger partial charge is 0.319 e. The molecule has 0 aliphatic heterocycles. The highest BCUT2D eigenvalue weighted by Gasteiger charge is 2.29. The van der Waals surface area contributed by atoms with Crippen molar-refractivity contribution in [3.63, 3.8) is 0 Å². The number of nitrogens with one attached hydrogen (secondary N) is 1. The maximum Gasteiger partial charge on any atom is 0.319 e. The number of aromatic amines is 1. The maximum atomic E-state index is 11.7. The molecule has 2 aromatic rings. The van der Waals surface area contributed by atoms with Crippen molar-refractivity contribution in [1.82, 2.24) is 4.98 Å². The largest absolute Gasteiger partial charge is 0.497 e. The molecule has 7 nitrogen and oxygen atoms in total. The topological polar surface area (TPSA) is 94.5 Å². The third-order valence-corrected chi connectivity index (χ3v) is 3.11. The molecule has 0 aliphatic rings. The summed E-state index contributed by atoms with van der Waals surface area (Å²) in [5.41, 5.74) is 1.29. The third-order valence-electron chi connectivity index (χ3n) is 3.11. The van der Waals surface area contributed by atoms with Gasteiger partial charge in [0.05, 0.1) is 14.2 Å². The summed E-state index contributed by atoms with van der Waals surface area (Å²) in [6.07, 6.45) is 1.59. The number of methoxy groups -OCH3 is 2. The molecule has 1 heterocycles. The average Bonchev–Trinajstić information content (AvgIpc) is 2.86. The van der Waals surface area contributed by atoms with Crippen LogP contribution in [0.5, 0.6) is 5.75 Å². The van der Waals surface area contributed by atoms with Crippen LogP contribution in [-0.4, -0.2) is 36.6 Å². The van der Waals surface area contributed by atoms with Crippen LogP contribution in [0.25, 0.3) is 10.9 Å². The fraction of sp³-hybridized carbons (Fsp3) is 0.308. The number of carbonyl (C=O) groups is 1. The van der Waals surface area contributed by atoms with E-state index in [9.17, 15) is 14.9 Å². The van der Waals surface area contributed by atoms with Gasteiger partial charge in [-0.1, -0.05) is 0 Å². The summed E-state index contributed by atoms with van der Waals surface area (Å²) in [6, 6.07) is 5.26. The number of carbonyl (C=O) groups excluding carboxylic acids is 1. The second kappa shape index (κ2) is 5.60. The molecular weight excluding hydrogens is 264 g/mol. The number of ether oxygens (including phenoxy) is 2. The molecule has 1 unspecified atom stereocenters. The lowest BCUT2D eigenvalue weighted by Crippen LogP contribution is -2.22. The molecule has 1 N–H and O–H groups in total. The van der Waals surface area contributed by atoms with Gasteiger partial charge in [0, 0.05) is 28.1 Å². The number of H-pyrrole nitrogens is 1. The summed E-state index contributed by atoms with van der Waals surface area (Å²) in [6.45, 7) is -0.508. The SMILES string of the molecule is COC(=O)C(C[N+](=O)[O-])c1c[nH]c2cc(OC)ccc12. The molecular formula is C13H14N2O5. The standard InChI is InChI=1S/C13H14N2O5/c1-19-8-3-4-9-10(6-14-12(9)5-8)11(7-15(17)18)13(16)20-2/h3-6,11,14H,7H2,1-2H3. The molecule has 0 bridgehead atoms. The fourth-order valence-electron chi connectivity index (χ4n) is 2.13. The van der Waals surface area contributed by atoms with Crippen molar-refractivity contribution >= 4 is 16.9 Å². The van der Waals surface area contributed by atoms with Crippen molar-refractivity contribution in [2.24, 2.45) is 0 Å². The minimum atomic E-state index is -0.933. The van der Waals surface area contributed by atoms with E-state index in [-0.39, 0.29) is 0 Å². The first-order valence-corrected chi connectivity index (χ1v) is 5.91. The zero-order valence-corrected chi connectivity index (χ0v) is 11.1. The summed E-state index contributed by atoms with van der Waals surface area (Å²) in [7, 11) is 2.77. The van der Waals surface area contributed by atoms with Crippen molar-refractivity contribution in [2.75, 3.05) is 20.8 Å². The number of hydrogen-bond donors (Lipinski definition) is 1. The van der Waals surface area contributed by atoms with Gasteiger partial charge in [-0.15, -0.1) is 0 Å². The lowest BCUT2D eigenvalue weighted by atomic mass is 9.98. The van der Waals surface area contributed by atoms with E-state index < -0.39 is 23.4 Å². The molecule has 0 aliphatic carbocycles. The Morgan fingerprint density at radius 3 is 2.80 bits per heavy atom. The van der Waals surface area contributed by atoms with E-state index >= 15 is 0 Å². The molecule has 1 aromatic heterocycles. The molecule has 106 valence electrons. The van der Waals surface area contributed by atoms with Crippen LogP contribution in [0.3, 0.4) is 0 Å². The highest BCUT2D eigenvalue weighted by atomic mass is 16.6. The Kier molecular flexibility index (Phi) is 3.88. The molecule has 1 aromatic carbocycles. The van der Waals surface area contributed by atoms with Crippen molar-refractivity contribution < 1.29 is 19.2 Å². The van der Waals surface area contributed by atoms with Crippen LogP contribution >= 0.6 is 0 Å². The monoisotopic (exact) mass is 278 g/mol. The fourth-order valence-corrected chi connectivity index (χ4v) is 2.13. The van der Waals surface area contributed by atoms with E-state index in [0.717, 1.165) is 10.9 Å². The maximum absolute atomic E-state index is 11.7. The molecule has 0 amide bonds. The molecule has 20 heavy (non-hydrogen) atoms. The summed E-state index contributed by atoms with van der Waals surface area (Å²) in [4.78, 5) is 24.9. The highest BCUT2D eigenvalue weighted by Crippen LogP contribution is 2.29. The van der Waals surface area contributed by atoms with Crippen LogP contribution in [-0.2, 0) is 9.53 Å². The quantitative estimate of drug-likeness (QED) is 0.510. The highest BCUT2D eigenvalue weighted by molar-refractivity contribution is 5.90. The zero-order chi connectivity index (χ0) is 14.7. The number of nitrogens with zero attached hydrogens (tertiary/aromatic N) is 1.